The molecule has 1 rings (SSSR count). The van der Waals surface area contributed by atoms with Gasteiger partial charge in [0, 0.05) is 6.42 Å². The molecule has 0 radical (unpaired) electrons. The SMILES string of the molecule is CCc1cccc(CCC(=O)C(N=O)C(=O)O)c1. The van der Waals surface area contributed by atoms with Gasteiger partial charge < -0.3 is 5.11 Å². The van der Waals surface area contributed by atoms with Crippen molar-refractivity contribution in [1.82, 2.24) is 0 Å². The van der Waals surface area contributed by atoms with Gasteiger partial charge in [0.05, 0.1) is 0 Å². The average molecular weight is 249 g/mol. The fourth-order valence-corrected chi connectivity index (χ4v) is 1.65. The van der Waals surface area contributed by atoms with Crippen molar-refractivity contribution in [1.29, 1.82) is 0 Å². The zero-order valence-electron chi connectivity index (χ0n) is 10.1. The van der Waals surface area contributed by atoms with Crippen LogP contribution in [-0.2, 0) is 22.4 Å². The Kier molecular flexibility index (Phi) is 5.17. The van der Waals surface area contributed by atoms with Gasteiger partial charge in [-0.3, -0.25) is 4.79 Å². The van der Waals surface area contributed by atoms with Crippen LogP contribution in [0.3, 0.4) is 0 Å². The first-order valence-corrected chi connectivity index (χ1v) is 5.74. The number of carbonyl (C=O) groups is 2. The van der Waals surface area contributed by atoms with E-state index in [0.29, 0.717) is 6.42 Å². The number of hydrogen-bond acceptors (Lipinski definition) is 4. The summed E-state index contributed by atoms with van der Waals surface area (Å²) in [6.45, 7) is 2.03. The van der Waals surface area contributed by atoms with E-state index in [9.17, 15) is 14.5 Å². The Morgan fingerprint density at radius 2 is 2.00 bits per heavy atom. The number of benzene rings is 1. The molecule has 96 valence electrons. The summed E-state index contributed by atoms with van der Waals surface area (Å²) >= 11 is 0. The maximum absolute atomic E-state index is 11.5. The van der Waals surface area contributed by atoms with E-state index in [0.717, 1.165) is 17.5 Å². The number of ketones is 1. The fraction of sp³-hybridized carbons (Fsp3) is 0.385. The Morgan fingerprint density at radius 3 is 2.56 bits per heavy atom. The van der Waals surface area contributed by atoms with Gasteiger partial charge in [-0.25, -0.2) is 4.79 Å². The lowest BCUT2D eigenvalue weighted by atomic mass is 10.0. The van der Waals surface area contributed by atoms with Crippen LogP contribution in [0.25, 0.3) is 0 Å². The van der Waals surface area contributed by atoms with Gasteiger partial charge in [-0.2, -0.15) is 0 Å². The topological polar surface area (TPSA) is 83.8 Å². The first kappa shape index (κ1) is 14.0. The molecule has 1 aromatic carbocycles. The largest absolute Gasteiger partial charge is 0.479 e. The van der Waals surface area contributed by atoms with Crippen molar-refractivity contribution in [2.45, 2.75) is 32.2 Å². The molecule has 1 aromatic rings. The van der Waals surface area contributed by atoms with Gasteiger partial charge in [0.15, 0.2) is 5.78 Å². The number of carboxylic acid groups (broad SMARTS) is 1. The van der Waals surface area contributed by atoms with Crippen LogP contribution in [0.1, 0.15) is 24.5 Å². The van der Waals surface area contributed by atoms with E-state index in [2.05, 4.69) is 5.18 Å². The molecule has 0 fully saturated rings. The molecule has 0 spiro atoms. The zero-order chi connectivity index (χ0) is 13.5. The number of nitroso groups, excluding NO2 is 1. The molecule has 0 saturated heterocycles. The van der Waals surface area contributed by atoms with E-state index in [4.69, 9.17) is 5.11 Å². The van der Waals surface area contributed by atoms with Crippen LogP contribution < -0.4 is 0 Å². The molecule has 0 aliphatic heterocycles. The van der Waals surface area contributed by atoms with Crippen molar-refractivity contribution in [3.05, 3.63) is 40.3 Å². The Bertz CT molecular complexity index is 456. The summed E-state index contributed by atoms with van der Waals surface area (Å²) < 4.78 is 0. The summed E-state index contributed by atoms with van der Waals surface area (Å²) in [6, 6.07) is 5.94. The Labute approximate surface area is 105 Å². The van der Waals surface area contributed by atoms with Gasteiger partial charge >= 0.3 is 5.97 Å². The number of nitrogens with zero attached hydrogens (tertiary/aromatic N) is 1. The number of carbonyl (C=O) groups excluding carboxylic acids is 1. The summed E-state index contributed by atoms with van der Waals surface area (Å²) in [5.41, 5.74) is 2.11. The van der Waals surface area contributed by atoms with Crippen LogP contribution in [0, 0.1) is 4.91 Å². The summed E-state index contributed by atoms with van der Waals surface area (Å²) in [6.07, 6.45) is 1.33. The molecule has 1 N–H and O–H groups in total. The minimum atomic E-state index is -1.78. The Hall–Kier alpha value is -2.04. The van der Waals surface area contributed by atoms with E-state index >= 15 is 0 Å². The van der Waals surface area contributed by atoms with Crippen molar-refractivity contribution in [2.24, 2.45) is 5.18 Å². The Balaban J connectivity index is 2.61. The lowest BCUT2D eigenvalue weighted by molar-refractivity contribution is -0.142. The molecule has 0 heterocycles. The zero-order valence-corrected chi connectivity index (χ0v) is 10.1. The number of aliphatic carboxylic acids is 1. The summed E-state index contributed by atoms with van der Waals surface area (Å²) in [4.78, 5) is 32.3. The normalized spacial score (nSPS) is 11.8. The van der Waals surface area contributed by atoms with Crippen molar-refractivity contribution < 1.29 is 14.7 Å². The van der Waals surface area contributed by atoms with E-state index in [1.54, 1.807) is 0 Å². The van der Waals surface area contributed by atoms with Crippen molar-refractivity contribution in [3.8, 4) is 0 Å². The molecule has 0 aliphatic rings. The van der Waals surface area contributed by atoms with Crippen molar-refractivity contribution in [2.75, 3.05) is 0 Å². The van der Waals surface area contributed by atoms with Crippen LogP contribution in [-0.4, -0.2) is 22.9 Å². The van der Waals surface area contributed by atoms with Crippen molar-refractivity contribution >= 4 is 11.8 Å². The third kappa shape index (κ3) is 3.76. The maximum atomic E-state index is 11.5. The standard InChI is InChI=1S/C13H15NO4/c1-2-9-4-3-5-10(8-9)6-7-11(15)12(14-18)13(16)17/h3-5,8,12H,2,6-7H2,1H3,(H,16,17). The molecule has 0 amide bonds. The third-order valence-electron chi connectivity index (χ3n) is 2.70. The molecular weight excluding hydrogens is 234 g/mol. The number of aryl methyl sites for hydroxylation is 2. The van der Waals surface area contributed by atoms with Crippen LogP contribution in [0.15, 0.2) is 29.4 Å². The van der Waals surface area contributed by atoms with Gasteiger partial charge in [-0.1, -0.05) is 31.2 Å². The highest BCUT2D eigenvalue weighted by Gasteiger charge is 2.26. The second-order valence-corrected chi connectivity index (χ2v) is 3.99. The smallest absolute Gasteiger partial charge is 0.339 e. The molecule has 0 saturated carbocycles. The second-order valence-electron chi connectivity index (χ2n) is 3.99. The molecule has 0 bridgehead atoms. The highest BCUT2D eigenvalue weighted by atomic mass is 16.4. The highest BCUT2D eigenvalue weighted by Crippen LogP contribution is 2.10. The fourth-order valence-electron chi connectivity index (χ4n) is 1.65. The predicted molar refractivity (Wildman–Crippen MR) is 66.4 cm³/mol. The second kappa shape index (κ2) is 6.64. The average Bonchev–Trinajstić information content (AvgIpc) is 2.37. The maximum Gasteiger partial charge on any atom is 0.339 e. The number of Topliss-reactive ketones (excluding diaryl/α,β-unsaturated/α-hetero) is 1. The molecule has 1 unspecified atom stereocenters. The molecule has 18 heavy (non-hydrogen) atoms. The number of carboxylic acids is 1. The summed E-state index contributed by atoms with van der Waals surface area (Å²) in [5.74, 6) is -2.14. The van der Waals surface area contributed by atoms with E-state index in [-0.39, 0.29) is 6.42 Å². The Morgan fingerprint density at radius 1 is 1.33 bits per heavy atom. The van der Waals surface area contributed by atoms with Crippen LogP contribution in [0.5, 0.6) is 0 Å². The molecule has 5 nitrogen and oxygen atoms in total. The number of hydrogen-bond donors (Lipinski definition) is 1. The third-order valence-corrected chi connectivity index (χ3v) is 2.70. The monoisotopic (exact) mass is 249 g/mol. The minimum Gasteiger partial charge on any atom is -0.479 e. The highest BCUT2D eigenvalue weighted by molar-refractivity contribution is 6.02. The molecular formula is C13H15NO4. The summed E-state index contributed by atoms with van der Waals surface area (Å²) in [5, 5.41) is 10.9. The lowest BCUT2D eigenvalue weighted by Gasteiger charge is -2.05. The van der Waals surface area contributed by atoms with Crippen LogP contribution in [0.2, 0.25) is 0 Å². The molecule has 0 aliphatic carbocycles. The van der Waals surface area contributed by atoms with Crippen LogP contribution in [0.4, 0.5) is 0 Å². The van der Waals surface area contributed by atoms with Gasteiger partial charge in [0.2, 0.25) is 6.04 Å². The van der Waals surface area contributed by atoms with E-state index in [1.807, 2.05) is 31.2 Å². The number of rotatable bonds is 7. The first-order valence-electron chi connectivity index (χ1n) is 5.74. The van der Waals surface area contributed by atoms with Crippen LogP contribution >= 0.6 is 0 Å². The molecule has 5 heteroatoms. The van der Waals surface area contributed by atoms with Gasteiger partial charge in [0.25, 0.3) is 0 Å². The van der Waals surface area contributed by atoms with Gasteiger partial charge in [-0.15, -0.1) is 4.91 Å². The van der Waals surface area contributed by atoms with Gasteiger partial charge in [-0.05, 0) is 29.1 Å². The van der Waals surface area contributed by atoms with Gasteiger partial charge in [0.1, 0.15) is 0 Å². The molecule has 0 aromatic heterocycles. The lowest BCUT2D eigenvalue weighted by Crippen LogP contribution is -2.27. The van der Waals surface area contributed by atoms with E-state index < -0.39 is 17.8 Å². The predicted octanol–water partition coefficient (Wildman–Crippen LogP) is 1.97. The molecule has 1 atom stereocenters. The van der Waals surface area contributed by atoms with Crippen molar-refractivity contribution in [3.63, 3.8) is 0 Å². The summed E-state index contributed by atoms with van der Waals surface area (Å²) in [7, 11) is 0. The van der Waals surface area contributed by atoms with E-state index in [1.165, 1.54) is 0 Å². The first-order chi connectivity index (χ1) is 8.58. The quantitative estimate of drug-likeness (QED) is 0.591. The minimum absolute atomic E-state index is 0.00980.